The Labute approximate surface area is 203 Å². The third-order valence-electron chi connectivity index (χ3n) is 9.57. The lowest BCUT2D eigenvalue weighted by atomic mass is 9.69. The normalized spacial score (nSPS) is 32.3. The van der Waals surface area contributed by atoms with E-state index in [4.69, 9.17) is 14.7 Å². The minimum absolute atomic E-state index is 0.237. The highest BCUT2D eigenvalue weighted by atomic mass is 16.5. The zero-order valence-electron chi connectivity index (χ0n) is 20.4. The van der Waals surface area contributed by atoms with E-state index in [2.05, 4.69) is 46.4 Å². The smallest absolute Gasteiger partial charge is 0.318 e. The average Bonchev–Trinajstić information content (AvgIpc) is 3.50. The second-order valence-electron chi connectivity index (χ2n) is 11.4. The van der Waals surface area contributed by atoms with Crippen molar-refractivity contribution in [3.05, 3.63) is 46.6 Å². The summed E-state index contributed by atoms with van der Waals surface area (Å²) in [6.45, 7) is 3.98. The number of likely N-dealkylation sites (tertiary alicyclic amines) is 1. The van der Waals surface area contributed by atoms with Crippen LogP contribution in [0, 0.1) is 0 Å². The molecule has 1 aromatic carbocycles. The Morgan fingerprint density at radius 1 is 1.06 bits per heavy atom. The van der Waals surface area contributed by atoms with Gasteiger partial charge in [-0.05, 0) is 82.5 Å². The summed E-state index contributed by atoms with van der Waals surface area (Å²) in [5.41, 5.74) is 6.00. The molecular weight excluding hydrogens is 422 g/mol. The highest BCUT2D eigenvalue weighted by Gasteiger charge is 2.45. The SMILES string of the molecule is CN1CCC[C@H]1COc1nc2c(c(N3C4CCC3CNC4)n1)CCC1(CCc3ccccc31)C2. The van der Waals surface area contributed by atoms with E-state index in [-0.39, 0.29) is 5.41 Å². The molecule has 6 heteroatoms. The molecule has 1 aromatic heterocycles. The van der Waals surface area contributed by atoms with Gasteiger partial charge in [0.1, 0.15) is 12.4 Å². The molecule has 5 aliphatic rings. The zero-order chi connectivity index (χ0) is 22.7. The van der Waals surface area contributed by atoms with Gasteiger partial charge in [0.2, 0.25) is 0 Å². The number of hydrogen-bond acceptors (Lipinski definition) is 6. The summed E-state index contributed by atoms with van der Waals surface area (Å²) in [6.07, 6.45) is 10.7. The molecule has 0 amide bonds. The van der Waals surface area contributed by atoms with Crippen molar-refractivity contribution in [2.75, 3.05) is 38.2 Å². The third kappa shape index (κ3) is 3.36. The van der Waals surface area contributed by atoms with Crippen LogP contribution in [-0.2, 0) is 24.7 Å². The van der Waals surface area contributed by atoms with E-state index in [1.807, 2.05) is 0 Å². The Bertz CT molecular complexity index is 1070. The second kappa shape index (κ2) is 8.20. The summed E-state index contributed by atoms with van der Waals surface area (Å²) in [5, 5.41) is 3.64. The van der Waals surface area contributed by atoms with Crippen LogP contribution in [0.5, 0.6) is 6.01 Å². The summed E-state index contributed by atoms with van der Waals surface area (Å²) >= 11 is 0. The topological polar surface area (TPSA) is 53.5 Å². The number of piperazine rings is 1. The highest BCUT2D eigenvalue weighted by molar-refractivity contribution is 5.56. The van der Waals surface area contributed by atoms with Crippen molar-refractivity contribution in [1.29, 1.82) is 0 Å². The number of aromatic nitrogens is 2. The summed E-state index contributed by atoms with van der Waals surface area (Å²) in [5.74, 6) is 1.19. The van der Waals surface area contributed by atoms with Crippen molar-refractivity contribution in [2.24, 2.45) is 0 Å². The van der Waals surface area contributed by atoms with Crippen LogP contribution in [0.1, 0.15) is 60.9 Å². The number of anilines is 1. The van der Waals surface area contributed by atoms with E-state index in [1.54, 1.807) is 11.1 Å². The van der Waals surface area contributed by atoms with Gasteiger partial charge in [-0.1, -0.05) is 24.3 Å². The number of rotatable bonds is 4. The monoisotopic (exact) mass is 459 g/mol. The van der Waals surface area contributed by atoms with Crippen LogP contribution in [0.3, 0.4) is 0 Å². The maximum Gasteiger partial charge on any atom is 0.318 e. The van der Waals surface area contributed by atoms with Gasteiger partial charge in [0.25, 0.3) is 0 Å². The Hall–Kier alpha value is -2.18. The summed E-state index contributed by atoms with van der Waals surface area (Å²) in [7, 11) is 2.21. The fourth-order valence-electron chi connectivity index (χ4n) is 7.64. The van der Waals surface area contributed by atoms with Gasteiger partial charge in [-0.25, -0.2) is 0 Å². The lowest BCUT2D eigenvalue weighted by Crippen LogP contribution is -2.53. The molecular formula is C28H37N5O. The largest absolute Gasteiger partial charge is 0.462 e. The summed E-state index contributed by atoms with van der Waals surface area (Å²) in [4.78, 5) is 15.3. The summed E-state index contributed by atoms with van der Waals surface area (Å²) < 4.78 is 6.36. The Kier molecular flexibility index (Phi) is 5.09. The van der Waals surface area contributed by atoms with Gasteiger partial charge in [-0.15, -0.1) is 0 Å². The Morgan fingerprint density at radius 2 is 1.88 bits per heavy atom. The number of benzene rings is 1. The van der Waals surface area contributed by atoms with Gasteiger partial charge in [0, 0.05) is 42.2 Å². The highest BCUT2D eigenvalue weighted by Crippen LogP contribution is 2.49. The van der Waals surface area contributed by atoms with Gasteiger partial charge < -0.3 is 19.9 Å². The van der Waals surface area contributed by atoms with Crippen LogP contribution in [-0.4, -0.2) is 66.3 Å². The number of hydrogen-bond donors (Lipinski definition) is 1. The predicted molar refractivity (Wildman–Crippen MR) is 134 cm³/mol. The quantitative estimate of drug-likeness (QED) is 0.758. The molecule has 3 aliphatic heterocycles. The minimum atomic E-state index is 0.237. The standard InChI is InChI=1S/C28H37N5O/c1-32-14-4-6-22(32)18-34-27-30-25-15-28(12-10-19-5-2-3-7-24(19)28)13-11-23(25)26(31-27)33-20-8-9-21(33)17-29-16-20/h2-3,5,7,20-22,29H,4,6,8-18H2,1H3/t20?,21?,22-,28?/m0/s1. The lowest BCUT2D eigenvalue weighted by molar-refractivity contribution is 0.186. The molecule has 34 heavy (non-hydrogen) atoms. The first kappa shape index (κ1) is 21.1. The fraction of sp³-hybridized carbons (Fsp3) is 0.643. The van der Waals surface area contributed by atoms with Gasteiger partial charge >= 0.3 is 6.01 Å². The van der Waals surface area contributed by atoms with Crippen LogP contribution < -0.4 is 15.0 Å². The molecule has 4 atom stereocenters. The molecule has 2 aromatic rings. The van der Waals surface area contributed by atoms with Crippen molar-refractivity contribution in [3.8, 4) is 6.01 Å². The van der Waals surface area contributed by atoms with Crippen LogP contribution in [0.15, 0.2) is 24.3 Å². The minimum Gasteiger partial charge on any atom is -0.462 e. The number of nitrogens with one attached hydrogen (secondary N) is 1. The maximum atomic E-state index is 6.36. The van der Waals surface area contributed by atoms with Crippen molar-refractivity contribution in [3.63, 3.8) is 0 Å². The molecule has 180 valence electrons. The second-order valence-corrected chi connectivity index (χ2v) is 11.4. The molecule has 3 fully saturated rings. The predicted octanol–water partition coefficient (Wildman–Crippen LogP) is 3.26. The van der Waals surface area contributed by atoms with E-state index in [0.29, 0.717) is 30.7 Å². The Morgan fingerprint density at radius 3 is 2.71 bits per heavy atom. The number of ether oxygens (including phenoxy) is 1. The number of nitrogens with zero attached hydrogens (tertiary/aromatic N) is 4. The van der Waals surface area contributed by atoms with E-state index in [1.165, 1.54) is 62.0 Å². The van der Waals surface area contributed by atoms with Crippen molar-refractivity contribution in [2.45, 2.75) is 81.3 Å². The molecule has 6 nitrogen and oxygen atoms in total. The molecule has 0 radical (unpaired) electrons. The molecule has 0 saturated carbocycles. The van der Waals surface area contributed by atoms with E-state index >= 15 is 0 Å². The first-order valence-electron chi connectivity index (χ1n) is 13.5. The van der Waals surface area contributed by atoms with E-state index in [0.717, 1.165) is 32.5 Å². The van der Waals surface area contributed by atoms with Crippen molar-refractivity contribution in [1.82, 2.24) is 20.2 Å². The summed E-state index contributed by atoms with van der Waals surface area (Å²) in [6, 6.07) is 11.3. The van der Waals surface area contributed by atoms with Crippen molar-refractivity contribution >= 4 is 5.82 Å². The third-order valence-corrected chi connectivity index (χ3v) is 9.57. The van der Waals surface area contributed by atoms with E-state index in [9.17, 15) is 0 Å². The zero-order valence-corrected chi connectivity index (χ0v) is 20.4. The van der Waals surface area contributed by atoms with Gasteiger partial charge in [0.05, 0.1) is 5.69 Å². The van der Waals surface area contributed by atoms with Crippen LogP contribution in [0.4, 0.5) is 5.82 Å². The van der Waals surface area contributed by atoms with Gasteiger partial charge in [-0.3, -0.25) is 0 Å². The van der Waals surface area contributed by atoms with Crippen LogP contribution in [0.25, 0.3) is 0 Å². The molecule has 2 aliphatic carbocycles. The lowest BCUT2D eigenvalue weighted by Gasteiger charge is -2.40. The van der Waals surface area contributed by atoms with Crippen LogP contribution in [0.2, 0.25) is 0 Å². The molecule has 7 rings (SSSR count). The number of fused-ring (bicyclic) bond motifs is 5. The number of aryl methyl sites for hydroxylation is 1. The molecule has 2 bridgehead atoms. The van der Waals surface area contributed by atoms with Crippen LogP contribution >= 0.6 is 0 Å². The first-order valence-corrected chi connectivity index (χ1v) is 13.5. The first-order chi connectivity index (χ1) is 16.7. The number of likely N-dealkylation sites (N-methyl/N-ethyl adjacent to an activating group) is 1. The van der Waals surface area contributed by atoms with Gasteiger partial charge in [0.15, 0.2) is 0 Å². The molecule has 1 spiro atoms. The average molecular weight is 460 g/mol. The fourth-order valence-corrected chi connectivity index (χ4v) is 7.64. The molecule has 4 heterocycles. The van der Waals surface area contributed by atoms with E-state index < -0.39 is 0 Å². The molecule has 1 N–H and O–H groups in total. The maximum absolute atomic E-state index is 6.36. The van der Waals surface area contributed by atoms with Gasteiger partial charge in [-0.2, -0.15) is 9.97 Å². The molecule has 3 saturated heterocycles. The van der Waals surface area contributed by atoms with Crippen molar-refractivity contribution < 1.29 is 4.74 Å². The Balaban J connectivity index is 1.26. The molecule has 3 unspecified atom stereocenters.